The van der Waals surface area contributed by atoms with Gasteiger partial charge in [-0.1, -0.05) is 96.1 Å². The lowest BCUT2D eigenvalue weighted by molar-refractivity contribution is -0.265. The molecule has 12 heteroatoms. The number of hydrogen-bond acceptors (Lipinski definition) is 12. The van der Waals surface area contributed by atoms with E-state index in [2.05, 4.69) is 6.92 Å². The number of aliphatic hydroxyl groups is 3. The molecule has 2 aliphatic carbocycles. The third kappa shape index (κ3) is 9.48. The molecule has 2 aromatic carbocycles. The number of fused-ring (bicyclic) bond motifs is 3. The number of Topliss-reactive ketones (excluding diaryl/α,β-unsaturated/α-hetero) is 2. The number of unbranched alkanes of at least 4 members (excludes halogenated alkanes) is 12. The highest BCUT2D eigenvalue weighted by atomic mass is 16.7. The molecule has 5 N–H and O–H groups in total. The zero-order chi connectivity index (χ0) is 39.9. The van der Waals surface area contributed by atoms with Gasteiger partial charge in [-0.3, -0.25) is 19.2 Å². The first-order chi connectivity index (χ1) is 26.3. The van der Waals surface area contributed by atoms with Crippen molar-refractivity contribution in [1.29, 1.82) is 0 Å². The van der Waals surface area contributed by atoms with Gasteiger partial charge in [0.15, 0.2) is 17.9 Å². The highest BCUT2D eigenvalue weighted by molar-refractivity contribution is 6.31. The molecule has 0 saturated carbocycles. The monoisotopic (exact) mass is 766 g/mol. The topological polar surface area (TPSA) is 197 Å². The average Bonchev–Trinajstić information content (AvgIpc) is 3.15. The summed E-state index contributed by atoms with van der Waals surface area (Å²) in [5.41, 5.74) is -3.73. The van der Waals surface area contributed by atoms with Crippen LogP contribution < -0.4 is 4.74 Å². The number of phenolic OH excluding ortho intramolecular Hbond substituents is 2. The Kier molecular flexibility index (Phi) is 14.6. The number of aliphatic hydroxyl groups excluding tert-OH is 2. The van der Waals surface area contributed by atoms with E-state index in [1.807, 2.05) is 0 Å². The zero-order valence-electron chi connectivity index (χ0n) is 32.4. The Labute approximate surface area is 323 Å². The van der Waals surface area contributed by atoms with E-state index in [4.69, 9.17) is 14.2 Å². The van der Waals surface area contributed by atoms with Crippen molar-refractivity contribution in [2.45, 2.75) is 166 Å². The Morgan fingerprint density at radius 3 is 2.05 bits per heavy atom. The number of methoxy groups -OCH3 is 1. The molecule has 1 aliphatic heterocycles. The minimum atomic E-state index is -2.28. The van der Waals surface area contributed by atoms with Crippen molar-refractivity contribution >= 4 is 23.1 Å². The molecule has 1 heterocycles. The number of phenols is 2. The second kappa shape index (κ2) is 19.0. The van der Waals surface area contributed by atoms with Crippen LogP contribution in [0.1, 0.15) is 172 Å². The maximum atomic E-state index is 13.9. The lowest BCUT2D eigenvalue weighted by Crippen LogP contribution is -2.50. The molecule has 302 valence electrons. The number of aromatic hydroxyl groups is 2. The van der Waals surface area contributed by atoms with Crippen molar-refractivity contribution in [1.82, 2.24) is 0 Å². The fourth-order valence-corrected chi connectivity index (χ4v) is 8.31. The largest absolute Gasteiger partial charge is 0.507 e. The van der Waals surface area contributed by atoms with Crippen molar-refractivity contribution in [3.05, 3.63) is 51.6 Å². The first-order valence-corrected chi connectivity index (χ1v) is 20.1. The van der Waals surface area contributed by atoms with E-state index in [0.717, 1.165) is 25.7 Å². The quantitative estimate of drug-likeness (QED) is 0.0477. The smallest absolute Gasteiger partial charge is 0.202 e. The van der Waals surface area contributed by atoms with Crippen LogP contribution in [0.2, 0.25) is 0 Å². The fourth-order valence-electron chi connectivity index (χ4n) is 8.31. The van der Waals surface area contributed by atoms with Crippen LogP contribution in [0, 0.1) is 0 Å². The molecule has 12 nitrogen and oxygen atoms in total. The van der Waals surface area contributed by atoms with Crippen molar-refractivity contribution in [3.8, 4) is 17.2 Å². The minimum Gasteiger partial charge on any atom is -0.507 e. The van der Waals surface area contributed by atoms with Gasteiger partial charge in [0.05, 0.1) is 48.5 Å². The molecule has 55 heavy (non-hydrogen) atoms. The molecule has 1 fully saturated rings. The number of ether oxygens (including phenoxy) is 3. The van der Waals surface area contributed by atoms with Crippen molar-refractivity contribution < 1.29 is 58.9 Å². The number of hydrogen-bond donors (Lipinski definition) is 5. The van der Waals surface area contributed by atoms with Crippen LogP contribution in [-0.2, 0) is 25.5 Å². The zero-order valence-corrected chi connectivity index (χ0v) is 32.4. The van der Waals surface area contributed by atoms with Crippen LogP contribution >= 0.6 is 0 Å². The molecular weight excluding hydrogens is 708 g/mol. The summed E-state index contributed by atoms with van der Waals surface area (Å²) in [6.45, 7) is 3.75. The predicted molar refractivity (Wildman–Crippen MR) is 203 cm³/mol. The summed E-state index contributed by atoms with van der Waals surface area (Å²) >= 11 is 0. The number of benzene rings is 2. The van der Waals surface area contributed by atoms with E-state index in [0.29, 0.717) is 6.42 Å². The van der Waals surface area contributed by atoms with Gasteiger partial charge in [-0.05, 0) is 19.4 Å². The minimum absolute atomic E-state index is 0.0580. The Morgan fingerprint density at radius 1 is 0.855 bits per heavy atom. The summed E-state index contributed by atoms with van der Waals surface area (Å²) in [6.07, 6.45) is 7.38. The summed E-state index contributed by atoms with van der Waals surface area (Å²) in [5.74, 6) is -4.00. The van der Waals surface area contributed by atoms with E-state index in [9.17, 15) is 44.7 Å². The molecule has 2 aromatic rings. The van der Waals surface area contributed by atoms with Crippen molar-refractivity contribution in [2.24, 2.45) is 0 Å². The van der Waals surface area contributed by atoms with E-state index in [1.165, 1.54) is 83.6 Å². The Morgan fingerprint density at radius 2 is 1.45 bits per heavy atom. The summed E-state index contributed by atoms with van der Waals surface area (Å²) in [5, 5.41) is 56.1. The molecule has 6 atom stereocenters. The Hall–Kier alpha value is -3.68. The third-order valence-corrected chi connectivity index (χ3v) is 11.5. The highest BCUT2D eigenvalue weighted by Gasteiger charge is 2.50. The fraction of sp³-hybridized carbons (Fsp3) is 0.628. The number of rotatable bonds is 20. The van der Waals surface area contributed by atoms with Gasteiger partial charge in [0.25, 0.3) is 0 Å². The van der Waals surface area contributed by atoms with Crippen LogP contribution in [0.4, 0.5) is 0 Å². The van der Waals surface area contributed by atoms with Gasteiger partial charge in [-0.15, -0.1) is 0 Å². The third-order valence-electron chi connectivity index (χ3n) is 11.5. The maximum Gasteiger partial charge on any atom is 0.202 e. The van der Waals surface area contributed by atoms with Crippen LogP contribution in [0.15, 0.2) is 18.2 Å². The van der Waals surface area contributed by atoms with Crippen LogP contribution in [-0.4, -0.2) is 86.0 Å². The van der Waals surface area contributed by atoms with Gasteiger partial charge < -0.3 is 39.7 Å². The SMILES string of the molecule is CCCCCCCCCCCCCCCC(=O)CC(=O)[C@]1(O)Cc2c(O)c3c(c(O)c2[C@@H](O[C@H]2C[C@H](O)[C@H](O)[C@H](C)O2)C1)C(=O)c1c(OC)cccc1C3=O. The Balaban J connectivity index is 1.30. The molecule has 3 aliphatic rings. The molecule has 0 amide bonds. The second-order valence-corrected chi connectivity index (χ2v) is 15.6. The normalized spacial score (nSPS) is 24.6. The van der Waals surface area contributed by atoms with Gasteiger partial charge >= 0.3 is 0 Å². The molecule has 0 radical (unpaired) electrons. The van der Waals surface area contributed by atoms with E-state index in [1.54, 1.807) is 0 Å². The Bertz CT molecular complexity index is 1710. The molecule has 1 saturated heterocycles. The first kappa shape index (κ1) is 42.5. The summed E-state index contributed by atoms with van der Waals surface area (Å²) in [7, 11) is 1.33. The van der Waals surface area contributed by atoms with E-state index >= 15 is 0 Å². The molecule has 0 spiro atoms. The van der Waals surface area contributed by atoms with Gasteiger partial charge in [0.1, 0.15) is 34.7 Å². The average molecular weight is 767 g/mol. The first-order valence-electron chi connectivity index (χ1n) is 20.1. The van der Waals surface area contributed by atoms with E-state index in [-0.39, 0.29) is 46.6 Å². The lowest BCUT2D eigenvalue weighted by Gasteiger charge is -2.42. The van der Waals surface area contributed by atoms with Crippen LogP contribution in [0.25, 0.3) is 0 Å². The molecule has 0 aromatic heterocycles. The van der Waals surface area contributed by atoms with Crippen LogP contribution in [0.5, 0.6) is 17.2 Å². The number of carbonyl (C=O) groups is 4. The molecule has 5 rings (SSSR count). The summed E-state index contributed by atoms with van der Waals surface area (Å²) in [4.78, 5) is 54.6. The van der Waals surface area contributed by atoms with Gasteiger partial charge in [0.2, 0.25) is 5.78 Å². The van der Waals surface area contributed by atoms with Gasteiger partial charge in [0, 0.05) is 42.4 Å². The second-order valence-electron chi connectivity index (χ2n) is 15.6. The van der Waals surface area contributed by atoms with Crippen molar-refractivity contribution in [3.63, 3.8) is 0 Å². The molecular formula is C43H58O12. The standard InChI is InChI=1S/C43H58O12/c1-4-5-6-7-8-9-10-11-12-13-14-15-16-18-26(44)21-32(46)43(52)23-28-35(31(24-43)55-33-22-29(45)38(47)25(2)54-33)42(51)37-36(40(28)49)39(48)27-19-17-20-30(53-3)34(27)41(37)50/h17,19-20,25,29,31,33,38,45,47,49,51-52H,4-16,18,21-24H2,1-3H3/t25-,29-,31-,33-,38+,43-/m0/s1. The molecule has 0 unspecified atom stereocenters. The van der Waals surface area contributed by atoms with Gasteiger partial charge in [-0.25, -0.2) is 0 Å². The van der Waals surface area contributed by atoms with Crippen molar-refractivity contribution in [2.75, 3.05) is 7.11 Å². The molecule has 0 bridgehead atoms. The summed E-state index contributed by atoms with van der Waals surface area (Å²) in [6, 6.07) is 4.40. The maximum absolute atomic E-state index is 13.9. The lowest BCUT2D eigenvalue weighted by atomic mass is 9.71. The number of carbonyl (C=O) groups excluding carboxylic acids is 4. The summed E-state index contributed by atoms with van der Waals surface area (Å²) < 4.78 is 17.3. The van der Waals surface area contributed by atoms with Crippen LogP contribution in [0.3, 0.4) is 0 Å². The van der Waals surface area contributed by atoms with E-state index < -0.39 is 95.5 Å². The predicted octanol–water partition coefficient (Wildman–Crippen LogP) is 6.48. The number of ketones is 4. The highest BCUT2D eigenvalue weighted by Crippen LogP contribution is 2.52. The van der Waals surface area contributed by atoms with Gasteiger partial charge in [-0.2, -0.15) is 0 Å².